The number of aliphatic hydroxyl groups excluding tert-OH is 1. The Morgan fingerprint density at radius 3 is 3.26 bits per heavy atom. The zero-order valence-electron chi connectivity index (χ0n) is 11.0. The van der Waals surface area contributed by atoms with Gasteiger partial charge in [-0.25, -0.2) is 4.98 Å². The lowest BCUT2D eigenvalue weighted by atomic mass is 10.1. The highest BCUT2D eigenvalue weighted by molar-refractivity contribution is 5.95. The van der Waals surface area contributed by atoms with Crippen LogP contribution in [0.4, 0.5) is 5.82 Å². The first-order chi connectivity index (χ1) is 9.26. The third-order valence-electron chi connectivity index (χ3n) is 3.06. The summed E-state index contributed by atoms with van der Waals surface area (Å²) in [6.45, 7) is 4.03. The van der Waals surface area contributed by atoms with E-state index in [0.29, 0.717) is 31.1 Å². The lowest BCUT2D eigenvalue weighted by molar-refractivity contribution is -0.0183. The molecule has 1 unspecified atom stereocenters. The Morgan fingerprint density at radius 2 is 2.53 bits per heavy atom. The highest BCUT2D eigenvalue weighted by Gasteiger charge is 2.27. The molecule has 104 valence electrons. The molecule has 19 heavy (non-hydrogen) atoms. The Morgan fingerprint density at radius 1 is 1.68 bits per heavy atom. The Bertz CT molecular complexity index is 439. The van der Waals surface area contributed by atoms with Gasteiger partial charge in [-0.15, -0.1) is 0 Å². The molecule has 2 rings (SSSR count). The van der Waals surface area contributed by atoms with Gasteiger partial charge in [-0.05, 0) is 19.1 Å². The van der Waals surface area contributed by atoms with Gasteiger partial charge in [0.2, 0.25) is 0 Å². The van der Waals surface area contributed by atoms with Gasteiger partial charge in [0.05, 0.1) is 25.9 Å². The number of nitrogens with one attached hydrogen (secondary N) is 1. The summed E-state index contributed by atoms with van der Waals surface area (Å²) < 4.78 is 5.27. The average molecular weight is 265 g/mol. The Kier molecular flexibility index (Phi) is 4.70. The lowest BCUT2D eigenvalue weighted by Gasteiger charge is -2.34. The van der Waals surface area contributed by atoms with E-state index < -0.39 is 0 Å². The molecule has 2 N–H and O–H groups in total. The van der Waals surface area contributed by atoms with Crippen molar-refractivity contribution in [2.75, 3.05) is 38.2 Å². The first kappa shape index (κ1) is 13.8. The molecule has 6 heteroatoms. The van der Waals surface area contributed by atoms with E-state index >= 15 is 0 Å². The second-order valence-corrected chi connectivity index (χ2v) is 4.37. The van der Waals surface area contributed by atoms with Gasteiger partial charge in [0, 0.05) is 24.8 Å². The molecule has 1 fully saturated rings. The second kappa shape index (κ2) is 6.49. The van der Waals surface area contributed by atoms with E-state index in [2.05, 4.69) is 10.3 Å². The number of ether oxygens (including phenoxy) is 1. The molecule has 0 bridgehead atoms. The number of amides is 1. The molecule has 1 atom stereocenters. The molecule has 0 spiro atoms. The lowest BCUT2D eigenvalue weighted by Crippen LogP contribution is -2.50. The molecule has 1 amide bonds. The number of aliphatic hydroxyl groups is 1. The number of nitrogens with zero attached hydrogens (tertiary/aromatic N) is 2. The van der Waals surface area contributed by atoms with E-state index in [-0.39, 0.29) is 18.6 Å². The summed E-state index contributed by atoms with van der Waals surface area (Å²) in [5.41, 5.74) is 0.575. The molecule has 0 saturated carbocycles. The maximum atomic E-state index is 12.4. The van der Waals surface area contributed by atoms with E-state index in [9.17, 15) is 9.90 Å². The van der Waals surface area contributed by atoms with Gasteiger partial charge in [-0.1, -0.05) is 0 Å². The van der Waals surface area contributed by atoms with Crippen LogP contribution in [-0.2, 0) is 4.74 Å². The van der Waals surface area contributed by atoms with Crippen LogP contribution in [0.1, 0.15) is 17.3 Å². The Balaban J connectivity index is 2.15. The smallest absolute Gasteiger partial charge is 0.254 e. The predicted octanol–water partition coefficient (Wildman–Crippen LogP) is 0.347. The van der Waals surface area contributed by atoms with Crippen molar-refractivity contribution in [2.24, 2.45) is 0 Å². The molecular weight excluding hydrogens is 246 g/mol. The monoisotopic (exact) mass is 265 g/mol. The summed E-state index contributed by atoms with van der Waals surface area (Å²) in [7, 11) is 0. The fourth-order valence-electron chi connectivity index (χ4n) is 2.08. The van der Waals surface area contributed by atoms with Crippen LogP contribution in [0.3, 0.4) is 0 Å². The molecule has 0 aliphatic carbocycles. The molecule has 6 nitrogen and oxygen atoms in total. The molecule has 1 aliphatic rings. The van der Waals surface area contributed by atoms with E-state index in [1.54, 1.807) is 23.2 Å². The maximum absolute atomic E-state index is 12.4. The molecule has 1 saturated heterocycles. The van der Waals surface area contributed by atoms with Crippen molar-refractivity contribution in [1.29, 1.82) is 0 Å². The van der Waals surface area contributed by atoms with Crippen LogP contribution in [0.15, 0.2) is 18.3 Å². The topological polar surface area (TPSA) is 74.7 Å². The van der Waals surface area contributed by atoms with Crippen LogP contribution in [0.25, 0.3) is 0 Å². The van der Waals surface area contributed by atoms with Gasteiger partial charge in [0.25, 0.3) is 5.91 Å². The Labute approximate surface area is 112 Å². The third-order valence-corrected chi connectivity index (χ3v) is 3.06. The summed E-state index contributed by atoms with van der Waals surface area (Å²) in [6, 6.07) is 3.15. The number of carbonyl (C=O) groups excluding carboxylic acids is 1. The van der Waals surface area contributed by atoms with Crippen LogP contribution >= 0.6 is 0 Å². The third kappa shape index (κ3) is 3.21. The van der Waals surface area contributed by atoms with Crippen molar-refractivity contribution in [3.8, 4) is 0 Å². The summed E-state index contributed by atoms with van der Waals surface area (Å²) in [5, 5.41) is 12.4. The summed E-state index contributed by atoms with van der Waals surface area (Å²) in [5.74, 6) is 0.589. The van der Waals surface area contributed by atoms with Crippen LogP contribution in [-0.4, -0.2) is 59.8 Å². The van der Waals surface area contributed by atoms with Crippen molar-refractivity contribution in [1.82, 2.24) is 9.88 Å². The van der Waals surface area contributed by atoms with E-state index in [1.165, 1.54) is 0 Å². The SMILES string of the molecule is CCNc1cc(C(=O)N2CCOCC2CO)ccn1. The zero-order chi connectivity index (χ0) is 13.7. The van der Waals surface area contributed by atoms with Gasteiger partial charge >= 0.3 is 0 Å². The molecule has 0 aromatic carbocycles. The number of rotatable bonds is 4. The van der Waals surface area contributed by atoms with Gasteiger partial charge in [0.15, 0.2) is 0 Å². The number of hydrogen-bond acceptors (Lipinski definition) is 5. The van der Waals surface area contributed by atoms with Gasteiger partial charge in [0.1, 0.15) is 5.82 Å². The van der Waals surface area contributed by atoms with Crippen LogP contribution < -0.4 is 5.32 Å². The first-order valence-electron chi connectivity index (χ1n) is 6.45. The minimum absolute atomic E-state index is 0.0864. The number of pyridine rings is 1. The van der Waals surface area contributed by atoms with Crippen molar-refractivity contribution >= 4 is 11.7 Å². The second-order valence-electron chi connectivity index (χ2n) is 4.37. The normalized spacial score (nSPS) is 19.3. The molecule has 1 aromatic rings. The highest BCUT2D eigenvalue weighted by Crippen LogP contribution is 2.14. The van der Waals surface area contributed by atoms with Crippen LogP contribution in [0, 0.1) is 0 Å². The number of carbonyl (C=O) groups is 1. The number of anilines is 1. The van der Waals surface area contributed by atoms with Crippen molar-refractivity contribution < 1.29 is 14.6 Å². The summed E-state index contributed by atoms with van der Waals surface area (Å²) in [6.07, 6.45) is 1.61. The zero-order valence-corrected chi connectivity index (χ0v) is 11.0. The minimum Gasteiger partial charge on any atom is -0.394 e. The highest BCUT2D eigenvalue weighted by atomic mass is 16.5. The van der Waals surface area contributed by atoms with Crippen molar-refractivity contribution in [2.45, 2.75) is 13.0 Å². The first-order valence-corrected chi connectivity index (χ1v) is 6.45. The predicted molar refractivity (Wildman–Crippen MR) is 71.1 cm³/mol. The molecule has 1 aromatic heterocycles. The largest absolute Gasteiger partial charge is 0.394 e. The number of morpholine rings is 1. The van der Waals surface area contributed by atoms with Gasteiger partial charge in [-0.3, -0.25) is 4.79 Å². The molecule has 0 radical (unpaired) electrons. The van der Waals surface area contributed by atoms with E-state index in [0.717, 1.165) is 6.54 Å². The molecule has 2 heterocycles. The van der Waals surface area contributed by atoms with Crippen LogP contribution in [0.5, 0.6) is 0 Å². The van der Waals surface area contributed by atoms with Crippen LogP contribution in [0.2, 0.25) is 0 Å². The average Bonchev–Trinajstić information content (AvgIpc) is 2.47. The standard InChI is InChI=1S/C13H19N3O3/c1-2-14-12-7-10(3-4-15-12)13(18)16-5-6-19-9-11(16)8-17/h3-4,7,11,17H,2,5-6,8-9H2,1H3,(H,14,15). The Hall–Kier alpha value is -1.66. The molecular formula is C13H19N3O3. The fraction of sp³-hybridized carbons (Fsp3) is 0.538. The van der Waals surface area contributed by atoms with Gasteiger partial charge < -0.3 is 20.1 Å². The van der Waals surface area contributed by atoms with E-state index in [4.69, 9.17) is 4.74 Å². The summed E-state index contributed by atoms with van der Waals surface area (Å²) in [4.78, 5) is 18.2. The van der Waals surface area contributed by atoms with Crippen molar-refractivity contribution in [3.63, 3.8) is 0 Å². The summed E-state index contributed by atoms with van der Waals surface area (Å²) >= 11 is 0. The number of aromatic nitrogens is 1. The maximum Gasteiger partial charge on any atom is 0.254 e. The number of hydrogen-bond donors (Lipinski definition) is 2. The molecule has 1 aliphatic heterocycles. The van der Waals surface area contributed by atoms with Gasteiger partial charge in [-0.2, -0.15) is 0 Å². The van der Waals surface area contributed by atoms with E-state index in [1.807, 2.05) is 6.92 Å². The van der Waals surface area contributed by atoms with Crippen molar-refractivity contribution in [3.05, 3.63) is 23.9 Å². The minimum atomic E-state index is -0.267. The fourth-order valence-corrected chi connectivity index (χ4v) is 2.08. The quantitative estimate of drug-likeness (QED) is 0.821.